The highest BCUT2D eigenvalue weighted by atomic mass is 32.2. The van der Waals surface area contributed by atoms with Crippen molar-refractivity contribution in [3.8, 4) is 0 Å². The molecule has 3 aliphatic heterocycles. The molecule has 11 heteroatoms. The lowest BCUT2D eigenvalue weighted by Crippen LogP contribution is -2.57. The first-order chi connectivity index (χ1) is 16.4. The molecular formula is C23H37N5O5S. The van der Waals surface area contributed by atoms with E-state index in [4.69, 9.17) is 9.63 Å². The van der Waals surface area contributed by atoms with E-state index in [9.17, 15) is 13.2 Å². The van der Waals surface area contributed by atoms with E-state index in [1.807, 2.05) is 0 Å². The molecule has 10 nitrogen and oxygen atoms in total. The number of piperidine rings is 2. The van der Waals surface area contributed by atoms with E-state index in [0.29, 0.717) is 43.6 Å². The van der Waals surface area contributed by atoms with Crippen molar-refractivity contribution in [2.45, 2.75) is 87.9 Å². The largest absolute Gasteiger partial charge is 0.396 e. The molecule has 1 aromatic rings. The summed E-state index contributed by atoms with van der Waals surface area (Å²) in [5.74, 6) is 0.961. The lowest BCUT2D eigenvalue weighted by molar-refractivity contribution is 0.0896. The zero-order valence-corrected chi connectivity index (χ0v) is 20.8. The Kier molecular flexibility index (Phi) is 7.00. The van der Waals surface area contributed by atoms with Crippen LogP contribution >= 0.6 is 0 Å². The van der Waals surface area contributed by atoms with E-state index >= 15 is 0 Å². The number of fused-ring (bicyclic) bond motifs is 2. The summed E-state index contributed by atoms with van der Waals surface area (Å²) >= 11 is 0. The minimum absolute atomic E-state index is 0.0524. The molecule has 0 unspecified atom stereocenters. The van der Waals surface area contributed by atoms with Crippen molar-refractivity contribution in [3.63, 3.8) is 0 Å². The second kappa shape index (κ2) is 9.85. The molecule has 1 aromatic heterocycles. The smallest absolute Gasteiger partial charge is 0.282 e. The number of aliphatic hydroxyl groups is 1. The number of aromatic nitrogens is 1. The molecular weight excluding hydrogens is 458 g/mol. The predicted molar refractivity (Wildman–Crippen MR) is 125 cm³/mol. The van der Waals surface area contributed by atoms with Crippen LogP contribution in [0.4, 0.5) is 0 Å². The fourth-order valence-corrected chi connectivity index (χ4v) is 8.07. The number of amides is 1. The van der Waals surface area contributed by atoms with Crippen molar-refractivity contribution in [1.82, 2.24) is 24.0 Å². The van der Waals surface area contributed by atoms with Gasteiger partial charge in [-0.05, 0) is 64.8 Å². The van der Waals surface area contributed by atoms with Crippen LogP contribution in [0.25, 0.3) is 0 Å². The summed E-state index contributed by atoms with van der Waals surface area (Å²) in [5.41, 5.74) is 0.316. The lowest BCUT2D eigenvalue weighted by atomic mass is 9.99. The van der Waals surface area contributed by atoms with Gasteiger partial charge in [-0.15, -0.1) is 0 Å². The number of hydrogen-bond acceptors (Lipinski definition) is 7. The van der Waals surface area contributed by atoms with Gasteiger partial charge in [0, 0.05) is 62.4 Å². The minimum Gasteiger partial charge on any atom is -0.396 e. The third-order valence-electron chi connectivity index (χ3n) is 8.05. The van der Waals surface area contributed by atoms with Crippen LogP contribution in [-0.4, -0.2) is 95.6 Å². The summed E-state index contributed by atoms with van der Waals surface area (Å²) < 4.78 is 35.8. The first kappa shape index (κ1) is 24.2. The second-order valence-electron chi connectivity index (χ2n) is 10.4. The first-order valence-corrected chi connectivity index (χ1v) is 14.1. The van der Waals surface area contributed by atoms with Crippen LogP contribution in [0.5, 0.6) is 0 Å². The molecule has 4 aliphatic rings. The van der Waals surface area contributed by atoms with Crippen molar-refractivity contribution >= 4 is 16.1 Å². The molecule has 1 amide bonds. The van der Waals surface area contributed by atoms with Crippen LogP contribution in [0.2, 0.25) is 0 Å². The summed E-state index contributed by atoms with van der Waals surface area (Å²) in [7, 11) is -1.47. The molecule has 190 valence electrons. The normalized spacial score (nSPS) is 29.1. The molecule has 4 heterocycles. The van der Waals surface area contributed by atoms with Crippen LogP contribution in [0.15, 0.2) is 10.6 Å². The Morgan fingerprint density at radius 2 is 1.85 bits per heavy atom. The fraction of sp³-hybridized carbons (Fsp3) is 0.826. The Morgan fingerprint density at radius 3 is 2.47 bits per heavy atom. The van der Waals surface area contributed by atoms with Gasteiger partial charge < -0.3 is 19.8 Å². The van der Waals surface area contributed by atoms with E-state index in [1.54, 1.807) is 14.7 Å². The van der Waals surface area contributed by atoms with Gasteiger partial charge in [-0.3, -0.25) is 4.79 Å². The van der Waals surface area contributed by atoms with Gasteiger partial charge in [0.2, 0.25) is 0 Å². The summed E-state index contributed by atoms with van der Waals surface area (Å²) in [6, 6.07) is 1.90. The average Bonchev–Trinajstić information content (AvgIpc) is 3.48. The number of nitrogens with one attached hydrogen (secondary N) is 1. The maximum absolute atomic E-state index is 13.6. The molecule has 2 bridgehead atoms. The van der Waals surface area contributed by atoms with E-state index < -0.39 is 10.2 Å². The highest BCUT2D eigenvalue weighted by molar-refractivity contribution is 7.86. The number of nitrogens with zero attached hydrogens (tertiary/aromatic N) is 4. The number of hydrogen-bond donors (Lipinski definition) is 2. The Labute approximate surface area is 201 Å². The van der Waals surface area contributed by atoms with Gasteiger partial charge >= 0.3 is 0 Å². The molecule has 5 rings (SSSR count). The molecule has 0 aromatic carbocycles. The monoisotopic (exact) mass is 495 g/mol. The molecule has 3 atom stereocenters. The molecule has 1 saturated carbocycles. The van der Waals surface area contributed by atoms with Crippen LogP contribution in [-0.2, 0) is 10.2 Å². The number of carbonyl (C=O) groups excluding carboxylic acids is 1. The Hall–Kier alpha value is -1.53. The van der Waals surface area contributed by atoms with Gasteiger partial charge in [-0.1, -0.05) is 5.16 Å². The average molecular weight is 496 g/mol. The van der Waals surface area contributed by atoms with Gasteiger partial charge in [0.1, 0.15) is 5.76 Å². The van der Waals surface area contributed by atoms with Crippen LogP contribution in [0, 0.1) is 0 Å². The molecule has 0 spiro atoms. The van der Waals surface area contributed by atoms with Gasteiger partial charge in [0.15, 0.2) is 5.69 Å². The standard InChI is InChI=1S/C23H37N5O5S/c1-26(9-2-12-29)18-7-10-27(11-8-18)34(31,32)28-19-5-6-20(28)14-17(13-19)24-23(30)21-15-22(33-25-21)16-3-4-16/h15-20,29H,2-14H2,1H3,(H,24,30)/t17-,19+,20-. The van der Waals surface area contributed by atoms with Gasteiger partial charge in [-0.25, -0.2) is 0 Å². The number of aliphatic hydroxyl groups excluding tert-OH is 1. The zero-order valence-electron chi connectivity index (χ0n) is 19.9. The molecule has 1 aliphatic carbocycles. The van der Waals surface area contributed by atoms with E-state index in [2.05, 4.69) is 22.4 Å². The topological polar surface area (TPSA) is 119 Å². The predicted octanol–water partition coefficient (Wildman–Crippen LogP) is 1.30. The van der Waals surface area contributed by atoms with E-state index in [0.717, 1.165) is 57.3 Å². The summed E-state index contributed by atoms with van der Waals surface area (Å²) in [6.07, 6.45) is 7.48. The lowest BCUT2D eigenvalue weighted by Gasteiger charge is -2.43. The maximum atomic E-state index is 13.6. The van der Waals surface area contributed by atoms with Crippen molar-refractivity contribution in [2.75, 3.05) is 33.3 Å². The Bertz CT molecular complexity index is 958. The first-order valence-electron chi connectivity index (χ1n) is 12.7. The van der Waals surface area contributed by atoms with Crippen LogP contribution < -0.4 is 5.32 Å². The third kappa shape index (κ3) is 4.90. The molecule has 0 radical (unpaired) electrons. The van der Waals surface area contributed by atoms with Crippen LogP contribution in [0.3, 0.4) is 0 Å². The summed E-state index contributed by atoms with van der Waals surface area (Å²) in [6.45, 7) is 2.06. The summed E-state index contributed by atoms with van der Waals surface area (Å²) in [4.78, 5) is 14.9. The zero-order chi connectivity index (χ0) is 23.9. The summed E-state index contributed by atoms with van der Waals surface area (Å²) in [5, 5.41) is 16.1. The SMILES string of the molecule is CN(CCCO)C1CCN(S(=O)(=O)N2[C@@H]3CC[C@H]2C[C@@H](NC(=O)c2cc(C4CC4)on2)C3)CC1. The van der Waals surface area contributed by atoms with Gasteiger partial charge in [-0.2, -0.15) is 17.0 Å². The molecule has 4 fully saturated rings. The van der Waals surface area contributed by atoms with Crippen molar-refractivity contribution < 1.29 is 22.8 Å². The highest BCUT2D eigenvalue weighted by Crippen LogP contribution is 2.41. The molecule has 34 heavy (non-hydrogen) atoms. The number of carbonyl (C=O) groups is 1. The highest BCUT2D eigenvalue weighted by Gasteiger charge is 2.49. The third-order valence-corrected chi connectivity index (χ3v) is 10.2. The Balaban J connectivity index is 1.16. The fourth-order valence-electron chi connectivity index (χ4n) is 5.99. The second-order valence-corrected chi connectivity index (χ2v) is 12.3. The van der Waals surface area contributed by atoms with E-state index in [1.165, 1.54) is 0 Å². The Morgan fingerprint density at radius 1 is 1.18 bits per heavy atom. The van der Waals surface area contributed by atoms with E-state index in [-0.39, 0.29) is 30.6 Å². The van der Waals surface area contributed by atoms with Gasteiger partial charge in [0.25, 0.3) is 16.1 Å². The van der Waals surface area contributed by atoms with Crippen molar-refractivity contribution in [3.05, 3.63) is 17.5 Å². The van der Waals surface area contributed by atoms with Crippen molar-refractivity contribution in [1.29, 1.82) is 0 Å². The minimum atomic E-state index is -3.52. The van der Waals surface area contributed by atoms with Gasteiger partial charge in [0.05, 0.1) is 0 Å². The van der Waals surface area contributed by atoms with Crippen molar-refractivity contribution in [2.24, 2.45) is 0 Å². The van der Waals surface area contributed by atoms with Crippen LogP contribution in [0.1, 0.15) is 80.0 Å². The number of rotatable bonds is 9. The quantitative estimate of drug-likeness (QED) is 0.530. The molecule has 2 N–H and O–H groups in total. The maximum Gasteiger partial charge on any atom is 0.282 e. The molecule has 3 saturated heterocycles.